The van der Waals surface area contributed by atoms with Gasteiger partial charge in [-0.05, 0) is 6.92 Å². The van der Waals surface area contributed by atoms with Crippen molar-refractivity contribution in [2.24, 2.45) is 0 Å². The average Bonchev–Trinajstić information content (AvgIpc) is 1.98. The molecule has 0 aromatic rings. The first kappa shape index (κ1) is 9.36. The van der Waals surface area contributed by atoms with Crippen molar-refractivity contribution in [2.45, 2.75) is 13.0 Å². The molecular weight excluding hydrogens is 139 g/mol. The number of ether oxygens (including phenoxy) is 2. The molecule has 3 nitrogen and oxygen atoms in total. The molecule has 0 N–H and O–H groups in total. The minimum Gasteiger partial charge on any atom is -0.461 e. The number of halogens is 1. The zero-order valence-corrected chi connectivity index (χ0v) is 6.09. The third kappa shape index (κ3) is 3.40. The van der Waals surface area contributed by atoms with Gasteiger partial charge in [0.25, 0.3) is 0 Å². The van der Waals surface area contributed by atoms with Crippen LogP contribution in [-0.4, -0.2) is 32.5 Å². The summed E-state index contributed by atoms with van der Waals surface area (Å²) in [4.78, 5) is 10.6. The van der Waals surface area contributed by atoms with Gasteiger partial charge in [0, 0.05) is 7.11 Å². The van der Waals surface area contributed by atoms with Gasteiger partial charge in [-0.15, -0.1) is 0 Å². The van der Waals surface area contributed by atoms with Crippen molar-refractivity contribution < 1.29 is 18.7 Å². The quantitative estimate of drug-likeness (QED) is 0.548. The first-order valence-corrected chi connectivity index (χ1v) is 2.97. The molecule has 4 heteroatoms. The summed E-state index contributed by atoms with van der Waals surface area (Å²) >= 11 is 0. The standard InChI is InChI=1S/C6H11FO3/c1-5(9-2)6(8)10-4-3-7/h5H,3-4H2,1-2H3. The molecule has 0 aromatic heterocycles. The monoisotopic (exact) mass is 150 g/mol. The maximum atomic E-state index is 11.4. The maximum Gasteiger partial charge on any atom is 0.335 e. The Hall–Kier alpha value is -0.640. The number of alkyl halides is 1. The number of carbonyl (C=O) groups is 1. The van der Waals surface area contributed by atoms with Crippen LogP contribution in [0.15, 0.2) is 0 Å². The van der Waals surface area contributed by atoms with Gasteiger partial charge in [-0.25, -0.2) is 9.18 Å². The molecule has 0 aliphatic rings. The Morgan fingerprint density at radius 3 is 2.70 bits per heavy atom. The third-order valence-electron chi connectivity index (χ3n) is 1.01. The molecule has 0 spiro atoms. The van der Waals surface area contributed by atoms with E-state index >= 15 is 0 Å². The van der Waals surface area contributed by atoms with Crippen LogP contribution in [0.3, 0.4) is 0 Å². The van der Waals surface area contributed by atoms with Crippen LogP contribution in [0.4, 0.5) is 4.39 Å². The summed E-state index contributed by atoms with van der Waals surface area (Å²) in [5.74, 6) is -0.528. The maximum absolute atomic E-state index is 11.4. The Morgan fingerprint density at radius 2 is 2.30 bits per heavy atom. The fraction of sp³-hybridized carbons (Fsp3) is 0.833. The number of rotatable bonds is 4. The van der Waals surface area contributed by atoms with Gasteiger partial charge in [-0.2, -0.15) is 0 Å². The van der Waals surface area contributed by atoms with E-state index in [0.717, 1.165) is 0 Å². The summed E-state index contributed by atoms with van der Waals surface area (Å²) in [6.07, 6.45) is -0.605. The van der Waals surface area contributed by atoms with Gasteiger partial charge in [-0.3, -0.25) is 0 Å². The van der Waals surface area contributed by atoms with Crippen LogP contribution in [0.25, 0.3) is 0 Å². The fourth-order valence-corrected chi connectivity index (χ4v) is 0.353. The molecule has 0 fully saturated rings. The molecular formula is C6H11FO3. The fourth-order valence-electron chi connectivity index (χ4n) is 0.353. The van der Waals surface area contributed by atoms with E-state index in [1.165, 1.54) is 7.11 Å². The van der Waals surface area contributed by atoms with Gasteiger partial charge in [-0.1, -0.05) is 0 Å². The second-order valence-corrected chi connectivity index (χ2v) is 1.73. The lowest BCUT2D eigenvalue weighted by Crippen LogP contribution is -2.22. The van der Waals surface area contributed by atoms with E-state index < -0.39 is 18.7 Å². The van der Waals surface area contributed by atoms with Crippen LogP contribution in [0, 0.1) is 0 Å². The highest BCUT2D eigenvalue weighted by molar-refractivity contribution is 5.74. The predicted molar refractivity (Wildman–Crippen MR) is 33.4 cm³/mol. The van der Waals surface area contributed by atoms with E-state index in [2.05, 4.69) is 9.47 Å². The van der Waals surface area contributed by atoms with Crippen molar-refractivity contribution in [3.8, 4) is 0 Å². The lowest BCUT2D eigenvalue weighted by atomic mass is 10.4. The molecule has 0 aliphatic heterocycles. The van der Waals surface area contributed by atoms with Crippen LogP contribution in [0.2, 0.25) is 0 Å². The summed E-state index contributed by atoms with van der Waals surface area (Å²) < 4.78 is 20.4. The largest absolute Gasteiger partial charge is 0.461 e. The molecule has 0 aromatic carbocycles. The second kappa shape index (κ2) is 5.17. The van der Waals surface area contributed by atoms with Crippen molar-refractivity contribution in [3.63, 3.8) is 0 Å². The number of hydrogen-bond donors (Lipinski definition) is 0. The molecule has 0 saturated carbocycles. The van der Waals surface area contributed by atoms with Crippen molar-refractivity contribution in [1.29, 1.82) is 0 Å². The van der Waals surface area contributed by atoms with Gasteiger partial charge in [0.2, 0.25) is 0 Å². The van der Waals surface area contributed by atoms with Crippen molar-refractivity contribution in [3.05, 3.63) is 0 Å². The zero-order valence-electron chi connectivity index (χ0n) is 6.09. The normalized spacial score (nSPS) is 12.7. The Kier molecular flexibility index (Phi) is 4.84. The molecule has 0 amide bonds. The summed E-state index contributed by atoms with van der Waals surface area (Å²) in [7, 11) is 1.39. The lowest BCUT2D eigenvalue weighted by Gasteiger charge is -2.07. The van der Waals surface area contributed by atoms with Gasteiger partial charge in [0.15, 0.2) is 6.10 Å². The molecule has 0 radical (unpaired) electrons. The smallest absolute Gasteiger partial charge is 0.335 e. The molecule has 60 valence electrons. The molecule has 1 atom stereocenters. The van der Waals surface area contributed by atoms with Gasteiger partial charge >= 0.3 is 5.97 Å². The molecule has 0 saturated heterocycles. The second-order valence-electron chi connectivity index (χ2n) is 1.73. The van der Waals surface area contributed by atoms with E-state index in [0.29, 0.717) is 0 Å². The Labute approximate surface area is 59.1 Å². The van der Waals surface area contributed by atoms with Gasteiger partial charge in [0.05, 0.1) is 0 Å². The van der Waals surface area contributed by atoms with Gasteiger partial charge < -0.3 is 9.47 Å². The Morgan fingerprint density at radius 1 is 1.70 bits per heavy atom. The van der Waals surface area contributed by atoms with Crippen LogP contribution in [0.5, 0.6) is 0 Å². The molecule has 1 unspecified atom stereocenters. The van der Waals surface area contributed by atoms with E-state index in [1.54, 1.807) is 6.92 Å². The molecule has 0 bridgehead atoms. The lowest BCUT2D eigenvalue weighted by molar-refractivity contribution is -0.154. The third-order valence-corrected chi connectivity index (χ3v) is 1.01. The highest BCUT2D eigenvalue weighted by Crippen LogP contribution is 1.91. The molecule has 0 aliphatic carbocycles. The number of esters is 1. The van der Waals surface area contributed by atoms with Crippen molar-refractivity contribution >= 4 is 5.97 Å². The number of carbonyl (C=O) groups excluding carboxylic acids is 1. The first-order valence-electron chi connectivity index (χ1n) is 2.97. The number of methoxy groups -OCH3 is 1. The average molecular weight is 150 g/mol. The van der Waals surface area contributed by atoms with Crippen molar-refractivity contribution in [2.75, 3.05) is 20.4 Å². The van der Waals surface area contributed by atoms with Crippen LogP contribution >= 0.6 is 0 Å². The van der Waals surface area contributed by atoms with Crippen LogP contribution in [-0.2, 0) is 14.3 Å². The Bertz CT molecular complexity index is 105. The van der Waals surface area contributed by atoms with E-state index in [4.69, 9.17) is 0 Å². The highest BCUT2D eigenvalue weighted by atomic mass is 19.1. The van der Waals surface area contributed by atoms with E-state index in [1.807, 2.05) is 0 Å². The summed E-state index contributed by atoms with van der Waals surface area (Å²) in [5.41, 5.74) is 0. The van der Waals surface area contributed by atoms with E-state index in [9.17, 15) is 9.18 Å². The summed E-state index contributed by atoms with van der Waals surface area (Å²) in [6.45, 7) is 0.704. The summed E-state index contributed by atoms with van der Waals surface area (Å²) in [6, 6.07) is 0. The van der Waals surface area contributed by atoms with Gasteiger partial charge in [0.1, 0.15) is 13.3 Å². The molecule has 0 heterocycles. The topological polar surface area (TPSA) is 35.5 Å². The zero-order chi connectivity index (χ0) is 7.98. The minimum absolute atomic E-state index is 0.188. The van der Waals surface area contributed by atoms with Crippen molar-refractivity contribution in [1.82, 2.24) is 0 Å². The first-order chi connectivity index (χ1) is 4.72. The SMILES string of the molecule is COC(C)C(=O)OCCF. The molecule has 0 rings (SSSR count). The van der Waals surface area contributed by atoms with E-state index in [-0.39, 0.29) is 6.61 Å². The predicted octanol–water partition coefficient (Wildman–Crippen LogP) is 0.534. The van der Waals surface area contributed by atoms with Crippen LogP contribution in [0.1, 0.15) is 6.92 Å². The minimum atomic E-state index is -0.651. The van der Waals surface area contributed by atoms with Crippen LogP contribution < -0.4 is 0 Å². The Balaban J connectivity index is 3.42. The molecule has 10 heavy (non-hydrogen) atoms. The highest BCUT2D eigenvalue weighted by Gasteiger charge is 2.11. The number of hydrogen-bond acceptors (Lipinski definition) is 3. The summed E-state index contributed by atoms with van der Waals surface area (Å²) in [5, 5.41) is 0.